The number of nitrogens with zero attached hydrogens (tertiary/aromatic N) is 1. The van der Waals surface area contributed by atoms with Gasteiger partial charge in [-0.15, -0.1) is 11.3 Å². The third-order valence-corrected chi connectivity index (χ3v) is 6.12. The summed E-state index contributed by atoms with van der Waals surface area (Å²) in [7, 11) is 0. The molecule has 1 atom stereocenters. The van der Waals surface area contributed by atoms with Crippen LogP contribution in [-0.4, -0.2) is 22.8 Å². The Labute approximate surface area is 179 Å². The minimum atomic E-state index is -0.696. The number of thiazole rings is 1. The fraction of sp³-hybridized carbons (Fsp3) is 0.348. The third-order valence-electron chi connectivity index (χ3n) is 5.36. The first kappa shape index (κ1) is 20.3. The zero-order chi connectivity index (χ0) is 21.1. The predicted octanol–water partition coefficient (Wildman–Crippen LogP) is 4.68. The Bertz CT molecular complexity index is 1040. The van der Waals surface area contributed by atoms with Crippen LogP contribution in [0.5, 0.6) is 0 Å². The van der Waals surface area contributed by atoms with Crippen molar-refractivity contribution in [2.75, 3.05) is 5.32 Å². The third kappa shape index (κ3) is 4.46. The van der Waals surface area contributed by atoms with Gasteiger partial charge in [0.15, 0.2) is 10.9 Å². The summed E-state index contributed by atoms with van der Waals surface area (Å²) in [4.78, 5) is 29.7. The van der Waals surface area contributed by atoms with Crippen molar-refractivity contribution >= 4 is 28.3 Å². The standard InChI is InChI=1S/C23H25N3O3S/c1-14(2)20(25-21(27)19-8-5-11-29-19)22(28)26-23-24-18(13-30-23)17-10-9-15-6-3-4-7-16(15)12-17/h5,8-14,20H,3-4,6-7H2,1-2H3,(H,25,27)(H,24,26,28)/t20-/m0/s1. The molecule has 0 aliphatic heterocycles. The lowest BCUT2D eigenvalue weighted by Crippen LogP contribution is -2.47. The Morgan fingerprint density at radius 3 is 2.67 bits per heavy atom. The summed E-state index contributed by atoms with van der Waals surface area (Å²) in [5.74, 6) is -0.625. The van der Waals surface area contributed by atoms with Crippen molar-refractivity contribution in [2.45, 2.75) is 45.6 Å². The number of aryl methyl sites for hydroxylation is 2. The van der Waals surface area contributed by atoms with Crippen LogP contribution in [0.15, 0.2) is 46.4 Å². The molecule has 1 aromatic carbocycles. The minimum Gasteiger partial charge on any atom is -0.459 e. The molecule has 0 radical (unpaired) electrons. The second-order valence-corrected chi connectivity index (χ2v) is 8.75. The molecule has 6 nitrogen and oxygen atoms in total. The van der Waals surface area contributed by atoms with Crippen LogP contribution in [0.2, 0.25) is 0 Å². The second-order valence-electron chi connectivity index (χ2n) is 7.89. The van der Waals surface area contributed by atoms with Gasteiger partial charge in [-0.2, -0.15) is 0 Å². The topological polar surface area (TPSA) is 84.2 Å². The molecule has 0 spiro atoms. The molecule has 1 aliphatic rings. The number of fused-ring (bicyclic) bond motifs is 1. The lowest BCUT2D eigenvalue weighted by atomic mass is 9.90. The molecule has 2 N–H and O–H groups in total. The van der Waals surface area contributed by atoms with Gasteiger partial charge in [-0.05, 0) is 60.9 Å². The molecule has 0 saturated carbocycles. The van der Waals surface area contributed by atoms with E-state index >= 15 is 0 Å². The second kappa shape index (κ2) is 8.83. The molecular weight excluding hydrogens is 398 g/mol. The van der Waals surface area contributed by atoms with Gasteiger partial charge in [0.05, 0.1) is 12.0 Å². The molecule has 0 bridgehead atoms. The normalized spacial score (nSPS) is 14.2. The summed E-state index contributed by atoms with van der Waals surface area (Å²) < 4.78 is 5.11. The van der Waals surface area contributed by atoms with Gasteiger partial charge in [0.2, 0.25) is 5.91 Å². The minimum absolute atomic E-state index is 0.0935. The van der Waals surface area contributed by atoms with Crippen LogP contribution in [-0.2, 0) is 17.6 Å². The maximum absolute atomic E-state index is 12.8. The predicted molar refractivity (Wildman–Crippen MR) is 118 cm³/mol. The van der Waals surface area contributed by atoms with Crippen LogP contribution in [0.4, 0.5) is 5.13 Å². The van der Waals surface area contributed by atoms with Gasteiger partial charge in [0, 0.05) is 10.9 Å². The number of hydrogen-bond acceptors (Lipinski definition) is 5. The molecule has 2 aromatic heterocycles. The number of hydrogen-bond donors (Lipinski definition) is 2. The van der Waals surface area contributed by atoms with Crippen LogP contribution in [0.25, 0.3) is 11.3 Å². The van der Waals surface area contributed by atoms with E-state index in [4.69, 9.17) is 4.42 Å². The summed E-state index contributed by atoms with van der Waals surface area (Å²) >= 11 is 1.38. The van der Waals surface area contributed by atoms with Crippen LogP contribution in [0, 0.1) is 5.92 Å². The Hall–Kier alpha value is -2.93. The zero-order valence-electron chi connectivity index (χ0n) is 17.1. The van der Waals surface area contributed by atoms with E-state index in [-0.39, 0.29) is 17.6 Å². The molecule has 2 amide bonds. The van der Waals surface area contributed by atoms with E-state index in [1.54, 1.807) is 12.1 Å². The van der Waals surface area contributed by atoms with Crippen molar-refractivity contribution in [3.63, 3.8) is 0 Å². The number of carbonyl (C=O) groups excluding carboxylic acids is 2. The number of aromatic nitrogens is 1. The molecule has 7 heteroatoms. The fourth-order valence-electron chi connectivity index (χ4n) is 3.69. The quantitative estimate of drug-likeness (QED) is 0.603. The van der Waals surface area contributed by atoms with E-state index in [9.17, 15) is 9.59 Å². The van der Waals surface area contributed by atoms with Gasteiger partial charge in [-0.25, -0.2) is 4.98 Å². The molecule has 3 aromatic rings. The number of benzene rings is 1. The van der Waals surface area contributed by atoms with Crippen LogP contribution >= 0.6 is 11.3 Å². The molecule has 2 heterocycles. The van der Waals surface area contributed by atoms with Crippen LogP contribution < -0.4 is 10.6 Å². The van der Waals surface area contributed by atoms with Crippen molar-refractivity contribution in [1.82, 2.24) is 10.3 Å². The Balaban J connectivity index is 1.45. The fourth-order valence-corrected chi connectivity index (χ4v) is 4.42. The zero-order valence-corrected chi connectivity index (χ0v) is 17.9. The summed E-state index contributed by atoms with van der Waals surface area (Å²) in [6.45, 7) is 3.76. The van der Waals surface area contributed by atoms with Gasteiger partial charge in [0.25, 0.3) is 5.91 Å². The average molecular weight is 424 g/mol. The average Bonchev–Trinajstić information content (AvgIpc) is 3.43. The smallest absolute Gasteiger partial charge is 0.287 e. The van der Waals surface area contributed by atoms with E-state index in [1.807, 2.05) is 19.2 Å². The van der Waals surface area contributed by atoms with E-state index < -0.39 is 11.9 Å². The Morgan fingerprint density at radius 1 is 1.13 bits per heavy atom. The Kier molecular flexibility index (Phi) is 5.99. The van der Waals surface area contributed by atoms with Gasteiger partial charge < -0.3 is 15.1 Å². The highest BCUT2D eigenvalue weighted by Crippen LogP contribution is 2.29. The Morgan fingerprint density at radius 2 is 1.93 bits per heavy atom. The number of furan rings is 1. The first-order valence-corrected chi connectivity index (χ1v) is 11.1. The molecule has 0 saturated heterocycles. The largest absolute Gasteiger partial charge is 0.459 e. The lowest BCUT2D eigenvalue weighted by Gasteiger charge is -2.20. The van der Waals surface area contributed by atoms with Crippen molar-refractivity contribution in [2.24, 2.45) is 5.92 Å². The van der Waals surface area contributed by atoms with Crippen LogP contribution in [0.1, 0.15) is 48.4 Å². The number of anilines is 1. The highest BCUT2D eigenvalue weighted by Gasteiger charge is 2.26. The highest BCUT2D eigenvalue weighted by molar-refractivity contribution is 7.14. The van der Waals surface area contributed by atoms with Gasteiger partial charge in [-0.1, -0.05) is 26.0 Å². The van der Waals surface area contributed by atoms with Crippen molar-refractivity contribution in [3.05, 3.63) is 58.9 Å². The monoisotopic (exact) mass is 423 g/mol. The molecular formula is C23H25N3O3S. The number of carbonyl (C=O) groups is 2. The molecule has 1 aliphatic carbocycles. The first-order valence-electron chi connectivity index (χ1n) is 10.2. The van der Waals surface area contributed by atoms with E-state index in [0.29, 0.717) is 5.13 Å². The maximum Gasteiger partial charge on any atom is 0.287 e. The number of amides is 2. The number of rotatable bonds is 6. The van der Waals surface area contributed by atoms with E-state index in [2.05, 4.69) is 33.8 Å². The molecule has 0 fully saturated rings. The maximum atomic E-state index is 12.8. The molecule has 156 valence electrons. The molecule has 0 unspecified atom stereocenters. The SMILES string of the molecule is CC(C)[C@H](NC(=O)c1ccco1)C(=O)Nc1nc(-c2ccc3c(c2)CCCC3)cs1. The van der Waals surface area contributed by atoms with Gasteiger partial charge in [0.1, 0.15) is 6.04 Å². The highest BCUT2D eigenvalue weighted by atomic mass is 32.1. The lowest BCUT2D eigenvalue weighted by molar-refractivity contribution is -0.118. The van der Waals surface area contributed by atoms with E-state index in [0.717, 1.165) is 24.1 Å². The van der Waals surface area contributed by atoms with Crippen molar-refractivity contribution < 1.29 is 14.0 Å². The summed E-state index contributed by atoms with van der Waals surface area (Å²) in [5, 5.41) is 8.06. The van der Waals surface area contributed by atoms with E-state index in [1.165, 1.54) is 41.6 Å². The summed E-state index contributed by atoms with van der Waals surface area (Å²) in [5.41, 5.74) is 4.75. The van der Waals surface area contributed by atoms with Crippen LogP contribution in [0.3, 0.4) is 0 Å². The van der Waals surface area contributed by atoms with Crippen molar-refractivity contribution in [3.8, 4) is 11.3 Å². The number of nitrogens with one attached hydrogen (secondary N) is 2. The summed E-state index contributed by atoms with van der Waals surface area (Å²) in [6, 6.07) is 9.02. The van der Waals surface area contributed by atoms with Crippen molar-refractivity contribution in [1.29, 1.82) is 0 Å². The molecule has 4 rings (SSSR count). The molecule has 30 heavy (non-hydrogen) atoms. The van der Waals surface area contributed by atoms with Gasteiger partial charge >= 0.3 is 0 Å². The summed E-state index contributed by atoms with van der Waals surface area (Å²) in [6.07, 6.45) is 6.18. The first-order chi connectivity index (χ1) is 14.5. The van der Waals surface area contributed by atoms with Gasteiger partial charge in [-0.3, -0.25) is 9.59 Å².